The van der Waals surface area contributed by atoms with Crippen molar-refractivity contribution in [1.29, 1.82) is 0 Å². The molecule has 0 aromatic heterocycles. The largest absolute Gasteiger partial charge is 0.395 e. The molecule has 2 aliphatic carbocycles. The van der Waals surface area contributed by atoms with Crippen LogP contribution >= 0.6 is 0 Å². The Morgan fingerprint density at radius 3 is 2.14 bits per heavy atom. The van der Waals surface area contributed by atoms with E-state index in [2.05, 4.69) is 0 Å². The second-order valence-corrected chi connectivity index (χ2v) is 6.71. The second-order valence-electron chi connectivity index (χ2n) is 6.71. The zero-order valence-corrected chi connectivity index (χ0v) is 12.7. The summed E-state index contributed by atoms with van der Waals surface area (Å²) in [6.07, 6.45) is 6.99. The van der Waals surface area contributed by atoms with Crippen molar-refractivity contribution in [3.8, 4) is 0 Å². The summed E-state index contributed by atoms with van der Waals surface area (Å²) in [5.41, 5.74) is 0. The van der Waals surface area contributed by atoms with Crippen LogP contribution in [0, 0.1) is 11.8 Å². The molecule has 5 nitrogen and oxygen atoms in total. The van der Waals surface area contributed by atoms with Crippen LogP contribution in [0.5, 0.6) is 0 Å². The number of hydrogen-bond acceptors (Lipinski definition) is 3. The quantitative estimate of drug-likeness (QED) is 0.823. The molecule has 2 saturated carbocycles. The lowest BCUT2D eigenvalue weighted by atomic mass is 9.88. The van der Waals surface area contributed by atoms with Crippen LogP contribution in [0.4, 0.5) is 0 Å². The van der Waals surface area contributed by atoms with Gasteiger partial charge in [0, 0.05) is 37.5 Å². The maximum atomic E-state index is 12.7. The lowest BCUT2D eigenvalue weighted by Gasteiger charge is -2.41. The topological polar surface area (TPSA) is 60.9 Å². The van der Waals surface area contributed by atoms with E-state index in [-0.39, 0.29) is 24.3 Å². The van der Waals surface area contributed by atoms with Gasteiger partial charge in [-0.3, -0.25) is 9.59 Å². The van der Waals surface area contributed by atoms with Gasteiger partial charge in [0.05, 0.1) is 6.61 Å². The second kappa shape index (κ2) is 6.34. The summed E-state index contributed by atoms with van der Waals surface area (Å²) in [5, 5.41) is 9.19. The number of nitrogens with zero attached hydrogens (tertiary/aromatic N) is 2. The number of carbonyl (C=O) groups is 2. The van der Waals surface area contributed by atoms with Crippen LogP contribution in [0.15, 0.2) is 0 Å². The summed E-state index contributed by atoms with van der Waals surface area (Å²) in [6, 6.07) is 0.343. The van der Waals surface area contributed by atoms with Gasteiger partial charge in [0.15, 0.2) is 0 Å². The maximum absolute atomic E-state index is 12.7. The Morgan fingerprint density at radius 2 is 1.67 bits per heavy atom. The molecule has 2 amide bonds. The van der Waals surface area contributed by atoms with Crippen LogP contribution in [0.3, 0.4) is 0 Å². The number of amides is 2. The van der Waals surface area contributed by atoms with E-state index in [1.54, 1.807) is 0 Å². The fourth-order valence-corrected chi connectivity index (χ4v) is 3.45. The average Bonchev–Trinajstić information content (AvgIpc) is 3.28. The van der Waals surface area contributed by atoms with Crippen LogP contribution in [0.2, 0.25) is 0 Å². The lowest BCUT2D eigenvalue weighted by molar-refractivity contribution is -0.144. The molecule has 1 aliphatic heterocycles. The summed E-state index contributed by atoms with van der Waals surface area (Å²) >= 11 is 0. The Hall–Kier alpha value is -1.10. The highest BCUT2D eigenvalue weighted by molar-refractivity contribution is 5.82. The Bertz CT molecular complexity index is 396. The zero-order valence-electron chi connectivity index (χ0n) is 12.7. The van der Waals surface area contributed by atoms with Gasteiger partial charge in [0.25, 0.3) is 0 Å². The number of aliphatic hydroxyl groups excluding tert-OH is 1. The monoisotopic (exact) mass is 294 g/mol. The summed E-state index contributed by atoms with van der Waals surface area (Å²) in [7, 11) is 0. The smallest absolute Gasteiger partial charge is 0.226 e. The molecule has 0 aromatic carbocycles. The van der Waals surface area contributed by atoms with Crippen LogP contribution < -0.4 is 0 Å². The molecule has 3 aliphatic rings. The first-order valence-electron chi connectivity index (χ1n) is 8.41. The molecule has 1 saturated heterocycles. The fourth-order valence-electron chi connectivity index (χ4n) is 3.45. The SMILES string of the molecule is O=C(C1CC1)N1CCC(C(=O)N(CCO)C2CCC2)CC1. The molecular weight excluding hydrogens is 268 g/mol. The third kappa shape index (κ3) is 3.23. The van der Waals surface area contributed by atoms with Gasteiger partial charge in [0.2, 0.25) is 11.8 Å². The van der Waals surface area contributed by atoms with Gasteiger partial charge in [-0.15, -0.1) is 0 Å². The first-order valence-corrected chi connectivity index (χ1v) is 8.41. The number of hydrogen-bond donors (Lipinski definition) is 1. The van der Waals surface area contributed by atoms with E-state index < -0.39 is 0 Å². The molecule has 1 heterocycles. The number of aliphatic hydroxyl groups is 1. The van der Waals surface area contributed by atoms with Gasteiger partial charge in [-0.25, -0.2) is 0 Å². The first kappa shape index (κ1) is 14.8. The minimum absolute atomic E-state index is 0.0420. The van der Waals surface area contributed by atoms with E-state index in [0.29, 0.717) is 18.5 Å². The highest BCUT2D eigenvalue weighted by Crippen LogP contribution is 2.33. The van der Waals surface area contributed by atoms with Gasteiger partial charge < -0.3 is 14.9 Å². The van der Waals surface area contributed by atoms with Gasteiger partial charge in [-0.1, -0.05) is 0 Å². The van der Waals surface area contributed by atoms with Gasteiger partial charge >= 0.3 is 0 Å². The highest BCUT2D eigenvalue weighted by atomic mass is 16.3. The molecule has 3 fully saturated rings. The molecule has 21 heavy (non-hydrogen) atoms. The minimum atomic E-state index is 0.0420. The molecule has 0 radical (unpaired) electrons. The van der Waals surface area contributed by atoms with Crippen molar-refractivity contribution in [2.24, 2.45) is 11.8 Å². The third-order valence-electron chi connectivity index (χ3n) is 5.22. The van der Waals surface area contributed by atoms with E-state index in [1.165, 1.54) is 6.42 Å². The Kier molecular flexibility index (Phi) is 4.48. The molecule has 118 valence electrons. The Morgan fingerprint density at radius 1 is 1.00 bits per heavy atom. The molecule has 0 unspecified atom stereocenters. The fraction of sp³-hybridized carbons (Fsp3) is 0.875. The van der Waals surface area contributed by atoms with E-state index in [1.807, 2.05) is 9.80 Å². The molecular formula is C16H26N2O3. The minimum Gasteiger partial charge on any atom is -0.395 e. The maximum Gasteiger partial charge on any atom is 0.226 e. The van der Waals surface area contributed by atoms with Crippen LogP contribution in [0.1, 0.15) is 44.9 Å². The third-order valence-corrected chi connectivity index (χ3v) is 5.22. The Labute approximate surface area is 126 Å². The van der Waals surface area contributed by atoms with Crippen LogP contribution in [-0.4, -0.2) is 59.0 Å². The van der Waals surface area contributed by atoms with E-state index in [4.69, 9.17) is 0 Å². The number of carbonyl (C=O) groups excluding carboxylic acids is 2. The molecule has 3 rings (SSSR count). The summed E-state index contributed by atoms with van der Waals surface area (Å²) in [4.78, 5) is 28.5. The van der Waals surface area contributed by atoms with Crippen molar-refractivity contribution in [1.82, 2.24) is 9.80 Å². The van der Waals surface area contributed by atoms with Crippen molar-refractivity contribution in [3.63, 3.8) is 0 Å². The lowest BCUT2D eigenvalue weighted by Crippen LogP contribution is -2.50. The molecule has 0 bridgehead atoms. The average molecular weight is 294 g/mol. The predicted molar refractivity (Wildman–Crippen MR) is 78.5 cm³/mol. The van der Waals surface area contributed by atoms with Crippen LogP contribution in [0.25, 0.3) is 0 Å². The van der Waals surface area contributed by atoms with Crippen molar-refractivity contribution < 1.29 is 14.7 Å². The van der Waals surface area contributed by atoms with Crippen molar-refractivity contribution in [3.05, 3.63) is 0 Å². The number of rotatable bonds is 5. The van der Waals surface area contributed by atoms with Gasteiger partial charge in [-0.2, -0.15) is 0 Å². The van der Waals surface area contributed by atoms with Gasteiger partial charge in [0.1, 0.15) is 0 Å². The summed E-state index contributed by atoms with van der Waals surface area (Å²) in [6.45, 7) is 1.96. The van der Waals surface area contributed by atoms with E-state index in [9.17, 15) is 14.7 Å². The summed E-state index contributed by atoms with van der Waals surface area (Å²) < 4.78 is 0. The van der Waals surface area contributed by atoms with Crippen molar-refractivity contribution >= 4 is 11.8 Å². The standard InChI is InChI=1S/C16H26N2O3/c19-11-10-18(14-2-1-3-14)16(21)13-6-8-17(9-7-13)15(20)12-4-5-12/h12-14,19H,1-11H2. The van der Waals surface area contributed by atoms with Gasteiger partial charge in [-0.05, 0) is 44.9 Å². The van der Waals surface area contributed by atoms with E-state index >= 15 is 0 Å². The first-order chi connectivity index (χ1) is 10.2. The normalized spacial score (nSPS) is 23.8. The van der Waals surface area contributed by atoms with Crippen molar-refractivity contribution in [2.75, 3.05) is 26.2 Å². The molecule has 5 heteroatoms. The summed E-state index contributed by atoms with van der Waals surface area (Å²) in [5.74, 6) is 0.817. The number of likely N-dealkylation sites (tertiary alicyclic amines) is 1. The predicted octanol–water partition coefficient (Wildman–Crippen LogP) is 1.01. The molecule has 0 atom stereocenters. The zero-order chi connectivity index (χ0) is 14.8. The molecule has 0 aromatic rings. The highest BCUT2D eigenvalue weighted by Gasteiger charge is 2.38. The van der Waals surface area contributed by atoms with Crippen molar-refractivity contribution in [2.45, 2.75) is 51.0 Å². The van der Waals surface area contributed by atoms with E-state index in [0.717, 1.165) is 51.6 Å². The molecule has 1 N–H and O–H groups in total. The van der Waals surface area contributed by atoms with Crippen LogP contribution in [-0.2, 0) is 9.59 Å². The Balaban J connectivity index is 1.52. The number of piperidine rings is 1. The molecule has 0 spiro atoms.